The van der Waals surface area contributed by atoms with E-state index >= 15 is 0 Å². The van der Waals surface area contributed by atoms with E-state index in [1.165, 1.54) is 0 Å². The predicted molar refractivity (Wildman–Crippen MR) is 81.2 cm³/mol. The number of benzene rings is 1. The fraction of sp³-hybridized carbons (Fsp3) is 0.357. The van der Waals surface area contributed by atoms with E-state index in [0.717, 1.165) is 15.4 Å². The summed E-state index contributed by atoms with van der Waals surface area (Å²) in [6.45, 7) is 0. The zero-order valence-corrected chi connectivity index (χ0v) is 13.1. The maximum absolute atomic E-state index is 11.6. The van der Waals surface area contributed by atoms with Gasteiger partial charge in [0.25, 0.3) is 0 Å². The van der Waals surface area contributed by atoms with Crippen LogP contribution >= 0.6 is 15.9 Å². The van der Waals surface area contributed by atoms with E-state index < -0.39 is 15.9 Å². The molecule has 1 N–H and O–H groups in total. The number of aliphatic hydroxyl groups is 1. The normalized spacial score (nSPS) is 23.0. The lowest BCUT2D eigenvalue weighted by atomic mass is 9.93. The molecule has 1 saturated heterocycles. The zero-order valence-electron chi connectivity index (χ0n) is 10.7. The largest absolute Gasteiger partial charge is 0.388 e. The maximum Gasteiger partial charge on any atom is 0.150 e. The van der Waals surface area contributed by atoms with Crippen molar-refractivity contribution >= 4 is 36.7 Å². The molecule has 1 aliphatic rings. The van der Waals surface area contributed by atoms with Crippen LogP contribution in [0.4, 0.5) is 0 Å². The van der Waals surface area contributed by atoms with E-state index in [9.17, 15) is 13.5 Å². The minimum Gasteiger partial charge on any atom is -0.388 e. The van der Waals surface area contributed by atoms with Gasteiger partial charge in [-0.25, -0.2) is 8.42 Å². The molecule has 0 bridgehead atoms. The number of pyridine rings is 1. The van der Waals surface area contributed by atoms with Gasteiger partial charge in [-0.05, 0) is 18.6 Å². The van der Waals surface area contributed by atoms with Crippen molar-refractivity contribution in [1.29, 1.82) is 0 Å². The molecule has 4 nitrogen and oxygen atoms in total. The Labute approximate surface area is 125 Å². The standard InChI is InChI=1S/C14H14BrNO3S/c15-12-4-3-11(13-10(12)2-1-6-16-13)14(17)9-5-7-20(18,19)8-9/h1-4,6,9,14,17H,5,7-8H2. The third-order valence-electron chi connectivity index (χ3n) is 3.78. The molecule has 2 aromatic rings. The summed E-state index contributed by atoms with van der Waals surface area (Å²) in [6, 6.07) is 7.44. The van der Waals surface area contributed by atoms with Crippen molar-refractivity contribution < 1.29 is 13.5 Å². The van der Waals surface area contributed by atoms with Crippen molar-refractivity contribution in [1.82, 2.24) is 4.98 Å². The van der Waals surface area contributed by atoms with Crippen LogP contribution in [0.5, 0.6) is 0 Å². The van der Waals surface area contributed by atoms with E-state index in [2.05, 4.69) is 20.9 Å². The van der Waals surface area contributed by atoms with Crippen LogP contribution in [0.25, 0.3) is 10.9 Å². The fourth-order valence-corrected chi connectivity index (χ4v) is 5.01. The lowest BCUT2D eigenvalue weighted by Gasteiger charge is -2.18. The van der Waals surface area contributed by atoms with Crippen LogP contribution in [0, 0.1) is 5.92 Å². The number of hydrogen-bond acceptors (Lipinski definition) is 4. The average molecular weight is 356 g/mol. The summed E-state index contributed by atoms with van der Waals surface area (Å²) < 4.78 is 24.0. The molecule has 1 fully saturated rings. The lowest BCUT2D eigenvalue weighted by molar-refractivity contribution is 0.122. The van der Waals surface area contributed by atoms with E-state index in [-0.39, 0.29) is 17.4 Å². The van der Waals surface area contributed by atoms with Crippen LogP contribution in [0.15, 0.2) is 34.9 Å². The van der Waals surface area contributed by atoms with Gasteiger partial charge >= 0.3 is 0 Å². The number of sulfone groups is 1. The van der Waals surface area contributed by atoms with Crippen LogP contribution in [0.3, 0.4) is 0 Å². The molecule has 6 heteroatoms. The van der Waals surface area contributed by atoms with Gasteiger partial charge in [-0.2, -0.15) is 0 Å². The highest BCUT2D eigenvalue weighted by molar-refractivity contribution is 9.10. The summed E-state index contributed by atoms with van der Waals surface area (Å²) in [5, 5.41) is 11.4. The Bertz CT molecular complexity index is 760. The molecule has 0 radical (unpaired) electrons. The summed E-state index contributed by atoms with van der Waals surface area (Å²) in [6.07, 6.45) is 1.39. The van der Waals surface area contributed by atoms with E-state index in [1.807, 2.05) is 24.3 Å². The predicted octanol–water partition coefficient (Wildman–Crippen LogP) is 2.47. The summed E-state index contributed by atoms with van der Waals surface area (Å²) in [5.41, 5.74) is 1.42. The summed E-state index contributed by atoms with van der Waals surface area (Å²) in [4.78, 5) is 4.33. The quantitative estimate of drug-likeness (QED) is 0.898. The highest BCUT2D eigenvalue weighted by Gasteiger charge is 2.34. The molecule has 106 valence electrons. The van der Waals surface area contributed by atoms with Crippen LogP contribution in [-0.2, 0) is 9.84 Å². The van der Waals surface area contributed by atoms with E-state index in [4.69, 9.17) is 0 Å². The summed E-state index contributed by atoms with van der Waals surface area (Å²) in [7, 11) is -3.00. The molecular formula is C14H14BrNO3S. The lowest BCUT2D eigenvalue weighted by Crippen LogP contribution is -2.15. The Balaban J connectivity index is 2.04. The number of aliphatic hydroxyl groups excluding tert-OH is 1. The molecule has 0 amide bonds. The van der Waals surface area contributed by atoms with Crippen molar-refractivity contribution in [2.24, 2.45) is 5.92 Å². The van der Waals surface area contributed by atoms with Crippen molar-refractivity contribution in [3.63, 3.8) is 0 Å². The van der Waals surface area contributed by atoms with E-state index in [0.29, 0.717) is 12.0 Å². The smallest absolute Gasteiger partial charge is 0.150 e. The molecule has 0 aliphatic carbocycles. The van der Waals surface area contributed by atoms with Crippen LogP contribution in [0.2, 0.25) is 0 Å². The number of halogens is 1. The average Bonchev–Trinajstić information content (AvgIpc) is 2.79. The van der Waals surface area contributed by atoms with Crippen molar-refractivity contribution in [2.75, 3.05) is 11.5 Å². The number of hydrogen-bond donors (Lipinski definition) is 1. The van der Waals surface area contributed by atoms with Crippen molar-refractivity contribution in [3.8, 4) is 0 Å². The minimum atomic E-state index is -3.00. The molecule has 2 heterocycles. The first-order valence-corrected chi connectivity index (χ1v) is 9.01. The molecule has 1 aliphatic heterocycles. The van der Waals surface area contributed by atoms with Gasteiger partial charge in [-0.1, -0.05) is 28.1 Å². The third-order valence-corrected chi connectivity index (χ3v) is 6.27. The van der Waals surface area contributed by atoms with E-state index in [1.54, 1.807) is 6.20 Å². The number of nitrogens with zero attached hydrogens (tertiary/aromatic N) is 1. The second kappa shape index (κ2) is 5.09. The topological polar surface area (TPSA) is 67.3 Å². The Morgan fingerprint density at radius 1 is 1.35 bits per heavy atom. The van der Waals surface area contributed by atoms with Crippen molar-refractivity contribution in [2.45, 2.75) is 12.5 Å². The number of aromatic nitrogens is 1. The van der Waals surface area contributed by atoms with Gasteiger partial charge in [0.2, 0.25) is 0 Å². The minimum absolute atomic E-state index is 0.0541. The third kappa shape index (κ3) is 2.47. The molecule has 2 atom stereocenters. The van der Waals surface area contributed by atoms with Gasteiger partial charge in [0.1, 0.15) is 0 Å². The van der Waals surface area contributed by atoms with Gasteiger partial charge in [0, 0.05) is 27.5 Å². The van der Waals surface area contributed by atoms with Crippen molar-refractivity contribution in [3.05, 3.63) is 40.5 Å². The second-order valence-electron chi connectivity index (χ2n) is 5.14. The molecule has 20 heavy (non-hydrogen) atoms. The summed E-state index contributed by atoms with van der Waals surface area (Å²) >= 11 is 3.46. The van der Waals surface area contributed by atoms with Gasteiger partial charge in [-0.15, -0.1) is 0 Å². The van der Waals surface area contributed by atoms with Gasteiger partial charge in [0.05, 0.1) is 23.1 Å². The molecule has 3 rings (SSSR count). The highest BCUT2D eigenvalue weighted by atomic mass is 79.9. The SMILES string of the molecule is O=S1(=O)CCC(C(O)c2ccc(Br)c3cccnc23)C1. The first kappa shape index (κ1) is 14.0. The Kier molecular flexibility index (Phi) is 3.56. The molecule has 1 aromatic carbocycles. The molecule has 1 aromatic heterocycles. The Morgan fingerprint density at radius 2 is 2.15 bits per heavy atom. The number of fused-ring (bicyclic) bond motifs is 1. The van der Waals surface area contributed by atoms with Gasteiger partial charge < -0.3 is 5.11 Å². The van der Waals surface area contributed by atoms with Crippen LogP contribution < -0.4 is 0 Å². The Morgan fingerprint density at radius 3 is 2.85 bits per heavy atom. The van der Waals surface area contributed by atoms with Gasteiger partial charge in [0.15, 0.2) is 9.84 Å². The number of rotatable bonds is 2. The summed E-state index contributed by atoms with van der Waals surface area (Å²) in [5.74, 6) is -0.0267. The monoisotopic (exact) mass is 355 g/mol. The highest BCUT2D eigenvalue weighted by Crippen LogP contribution is 2.35. The first-order chi connectivity index (χ1) is 9.48. The molecular weight excluding hydrogens is 342 g/mol. The zero-order chi connectivity index (χ0) is 14.3. The first-order valence-electron chi connectivity index (χ1n) is 6.39. The molecule has 2 unspecified atom stereocenters. The van der Waals surface area contributed by atoms with Gasteiger partial charge in [-0.3, -0.25) is 4.98 Å². The fourth-order valence-electron chi connectivity index (χ4n) is 2.73. The molecule has 0 spiro atoms. The second-order valence-corrected chi connectivity index (χ2v) is 8.23. The van der Waals surface area contributed by atoms with Crippen LogP contribution in [0.1, 0.15) is 18.1 Å². The molecule has 0 saturated carbocycles. The Hall–Kier alpha value is -0.980. The maximum atomic E-state index is 11.6. The van der Waals surface area contributed by atoms with Crippen LogP contribution in [-0.4, -0.2) is 30.0 Å².